The van der Waals surface area contributed by atoms with E-state index in [1.165, 1.54) is 10.9 Å². The van der Waals surface area contributed by atoms with Gasteiger partial charge in [0.1, 0.15) is 0 Å². The summed E-state index contributed by atoms with van der Waals surface area (Å²) in [6.45, 7) is 2.05. The first-order valence-electron chi connectivity index (χ1n) is 9.33. The molecule has 2 heterocycles. The number of H-pyrrole nitrogens is 1. The van der Waals surface area contributed by atoms with Crippen molar-refractivity contribution in [2.75, 3.05) is 19.6 Å². The molecule has 1 aliphatic rings. The zero-order valence-electron chi connectivity index (χ0n) is 14.7. The second kappa shape index (κ2) is 8.70. The standard InChI is InChI=1S/C20H27N3O2/c24-19-11-14-23(13-6-2-1-5-12-21-19)20(25)10-9-16-15-22-18-8-4-3-7-17(16)18/h3-4,7-8,15,22H,1-2,5-6,9-14H2,(H,21,24). The number of nitrogens with zero attached hydrogens (tertiary/aromatic N) is 1. The number of aromatic amines is 1. The molecule has 1 aromatic heterocycles. The average Bonchev–Trinajstić information content (AvgIpc) is 3.02. The lowest BCUT2D eigenvalue weighted by Gasteiger charge is -2.22. The van der Waals surface area contributed by atoms with Crippen LogP contribution in [-0.2, 0) is 16.0 Å². The van der Waals surface area contributed by atoms with Crippen molar-refractivity contribution in [2.24, 2.45) is 0 Å². The number of carbonyl (C=O) groups excluding carboxylic acids is 2. The van der Waals surface area contributed by atoms with Gasteiger partial charge in [0.2, 0.25) is 11.8 Å². The number of carbonyl (C=O) groups is 2. The van der Waals surface area contributed by atoms with E-state index in [4.69, 9.17) is 0 Å². The van der Waals surface area contributed by atoms with Gasteiger partial charge in [0, 0.05) is 49.6 Å². The number of benzene rings is 1. The van der Waals surface area contributed by atoms with Crippen molar-refractivity contribution in [3.63, 3.8) is 0 Å². The minimum Gasteiger partial charge on any atom is -0.361 e. The molecule has 1 saturated heterocycles. The van der Waals surface area contributed by atoms with E-state index in [0.717, 1.165) is 50.7 Å². The van der Waals surface area contributed by atoms with Gasteiger partial charge < -0.3 is 15.2 Å². The van der Waals surface area contributed by atoms with Crippen LogP contribution in [0.1, 0.15) is 44.1 Å². The molecule has 2 amide bonds. The third kappa shape index (κ3) is 4.84. The molecular formula is C20H27N3O2. The Kier molecular flexibility index (Phi) is 6.09. The molecule has 1 aliphatic heterocycles. The van der Waals surface area contributed by atoms with E-state index in [9.17, 15) is 9.59 Å². The summed E-state index contributed by atoms with van der Waals surface area (Å²) >= 11 is 0. The van der Waals surface area contributed by atoms with Gasteiger partial charge in [-0.3, -0.25) is 9.59 Å². The Hall–Kier alpha value is -2.30. The number of amides is 2. The molecule has 0 bridgehead atoms. The van der Waals surface area contributed by atoms with Gasteiger partial charge in [0.25, 0.3) is 0 Å². The highest BCUT2D eigenvalue weighted by atomic mass is 16.2. The summed E-state index contributed by atoms with van der Waals surface area (Å²) in [5, 5.41) is 4.12. The molecule has 5 nitrogen and oxygen atoms in total. The first kappa shape index (κ1) is 17.5. The Morgan fingerprint density at radius 3 is 2.84 bits per heavy atom. The maximum atomic E-state index is 12.7. The van der Waals surface area contributed by atoms with Gasteiger partial charge in [-0.2, -0.15) is 0 Å². The Morgan fingerprint density at radius 1 is 1.08 bits per heavy atom. The molecule has 3 rings (SSSR count). The van der Waals surface area contributed by atoms with Crippen LogP contribution < -0.4 is 5.32 Å². The zero-order chi connectivity index (χ0) is 17.5. The lowest BCUT2D eigenvalue weighted by molar-refractivity contribution is -0.132. The number of aryl methyl sites for hydroxylation is 1. The summed E-state index contributed by atoms with van der Waals surface area (Å²) in [4.78, 5) is 29.6. The number of hydrogen-bond acceptors (Lipinski definition) is 2. The number of fused-ring (bicyclic) bond motifs is 1. The van der Waals surface area contributed by atoms with Crippen LogP contribution in [-0.4, -0.2) is 41.3 Å². The van der Waals surface area contributed by atoms with E-state index >= 15 is 0 Å². The number of rotatable bonds is 3. The highest BCUT2D eigenvalue weighted by Crippen LogP contribution is 2.19. The summed E-state index contributed by atoms with van der Waals surface area (Å²) in [6, 6.07) is 8.16. The predicted octanol–water partition coefficient (Wildman–Crippen LogP) is 3.01. The minimum absolute atomic E-state index is 0.0522. The van der Waals surface area contributed by atoms with Crippen LogP contribution in [0, 0.1) is 0 Å². The van der Waals surface area contributed by atoms with Gasteiger partial charge in [-0.15, -0.1) is 0 Å². The van der Waals surface area contributed by atoms with Crippen molar-refractivity contribution in [1.29, 1.82) is 0 Å². The summed E-state index contributed by atoms with van der Waals surface area (Å²) in [7, 11) is 0. The van der Waals surface area contributed by atoms with Crippen molar-refractivity contribution in [1.82, 2.24) is 15.2 Å². The molecule has 0 aliphatic carbocycles. The van der Waals surface area contributed by atoms with Gasteiger partial charge in [0.15, 0.2) is 0 Å². The van der Waals surface area contributed by atoms with Crippen LogP contribution in [0.2, 0.25) is 0 Å². The van der Waals surface area contributed by atoms with Gasteiger partial charge >= 0.3 is 0 Å². The van der Waals surface area contributed by atoms with Crippen molar-refractivity contribution in [3.8, 4) is 0 Å². The van der Waals surface area contributed by atoms with Gasteiger partial charge in [-0.1, -0.05) is 31.0 Å². The molecule has 0 spiro atoms. The lowest BCUT2D eigenvalue weighted by atomic mass is 10.1. The SMILES string of the molecule is O=C1CCN(C(=O)CCc2c[nH]c3ccccc23)CCCCCCN1. The zero-order valence-corrected chi connectivity index (χ0v) is 14.7. The minimum atomic E-state index is 0.0522. The van der Waals surface area contributed by atoms with E-state index in [1.807, 2.05) is 29.3 Å². The second-order valence-electron chi connectivity index (χ2n) is 6.75. The number of nitrogens with one attached hydrogen (secondary N) is 2. The molecule has 0 atom stereocenters. The fourth-order valence-corrected chi connectivity index (χ4v) is 3.43. The highest BCUT2D eigenvalue weighted by Gasteiger charge is 2.16. The molecule has 1 fully saturated rings. The van der Waals surface area contributed by atoms with E-state index < -0.39 is 0 Å². The maximum Gasteiger partial charge on any atom is 0.222 e. The molecule has 2 N–H and O–H groups in total. The van der Waals surface area contributed by atoms with Gasteiger partial charge in [-0.05, 0) is 30.9 Å². The third-order valence-electron chi connectivity index (χ3n) is 4.92. The van der Waals surface area contributed by atoms with E-state index in [1.54, 1.807) is 0 Å². The van der Waals surface area contributed by atoms with E-state index in [0.29, 0.717) is 19.4 Å². The van der Waals surface area contributed by atoms with E-state index in [2.05, 4.69) is 16.4 Å². The highest BCUT2D eigenvalue weighted by molar-refractivity contribution is 5.84. The normalized spacial score (nSPS) is 17.1. The summed E-state index contributed by atoms with van der Waals surface area (Å²) < 4.78 is 0. The van der Waals surface area contributed by atoms with Crippen LogP contribution in [0.25, 0.3) is 10.9 Å². The maximum absolute atomic E-state index is 12.7. The van der Waals surface area contributed by atoms with Crippen LogP contribution in [0.4, 0.5) is 0 Å². The number of aromatic nitrogens is 1. The monoisotopic (exact) mass is 341 g/mol. The second-order valence-corrected chi connectivity index (χ2v) is 6.75. The Bertz CT molecular complexity index is 723. The molecule has 2 aromatic rings. The fraction of sp³-hybridized carbons (Fsp3) is 0.500. The Morgan fingerprint density at radius 2 is 1.92 bits per heavy atom. The molecular weight excluding hydrogens is 314 g/mol. The Labute approximate surface area is 148 Å². The number of para-hydroxylation sites is 1. The Balaban J connectivity index is 1.58. The number of hydrogen-bond donors (Lipinski definition) is 2. The van der Waals surface area contributed by atoms with Crippen molar-refractivity contribution in [3.05, 3.63) is 36.0 Å². The first-order chi connectivity index (χ1) is 12.2. The average molecular weight is 341 g/mol. The lowest BCUT2D eigenvalue weighted by Crippen LogP contribution is -2.35. The van der Waals surface area contributed by atoms with Crippen LogP contribution in [0.5, 0.6) is 0 Å². The first-order valence-corrected chi connectivity index (χ1v) is 9.33. The summed E-state index contributed by atoms with van der Waals surface area (Å²) in [5.41, 5.74) is 2.29. The largest absolute Gasteiger partial charge is 0.361 e. The quantitative estimate of drug-likeness (QED) is 0.901. The smallest absolute Gasteiger partial charge is 0.222 e. The van der Waals surface area contributed by atoms with Gasteiger partial charge in [-0.25, -0.2) is 0 Å². The summed E-state index contributed by atoms with van der Waals surface area (Å²) in [6.07, 6.45) is 7.89. The van der Waals surface area contributed by atoms with Crippen molar-refractivity contribution >= 4 is 22.7 Å². The van der Waals surface area contributed by atoms with Crippen molar-refractivity contribution in [2.45, 2.75) is 44.9 Å². The summed E-state index contributed by atoms with van der Waals surface area (Å²) in [5.74, 6) is 0.202. The van der Waals surface area contributed by atoms with Crippen LogP contribution >= 0.6 is 0 Å². The van der Waals surface area contributed by atoms with Crippen LogP contribution in [0.3, 0.4) is 0 Å². The van der Waals surface area contributed by atoms with Crippen molar-refractivity contribution < 1.29 is 9.59 Å². The third-order valence-corrected chi connectivity index (χ3v) is 4.92. The van der Waals surface area contributed by atoms with Crippen LogP contribution in [0.15, 0.2) is 30.5 Å². The van der Waals surface area contributed by atoms with Gasteiger partial charge in [0.05, 0.1) is 0 Å². The molecule has 5 heteroatoms. The molecule has 0 radical (unpaired) electrons. The molecule has 0 saturated carbocycles. The topological polar surface area (TPSA) is 65.2 Å². The fourth-order valence-electron chi connectivity index (χ4n) is 3.43. The molecule has 1 aromatic carbocycles. The van der Waals surface area contributed by atoms with E-state index in [-0.39, 0.29) is 11.8 Å². The predicted molar refractivity (Wildman–Crippen MR) is 99.3 cm³/mol. The molecule has 25 heavy (non-hydrogen) atoms. The molecule has 134 valence electrons. The molecule has 0 unspecified atom stereocenters.